The van der Waals surface area contributed by atoms with E-state index in [1.54, 1.807) is 24.1 Å². The van der Waals surface area contributed by atoms with Crippen LogP contribution >= 0.6 is 0 Å². The number of nitrogens with one attached hydrogen (secondary N) is 1. The highest BCUT2D eigenvalue weighted by Crippen LogP contribution is 2.24. The van der Waals surface area contributed by atoms with Gasteiger partial charge in [0.2, 0.25) is 5.82 Å². The predicted molar refractivity (Wildman–Crippen MR) is 111 cm³/mol. The number of nitrogens with zero attached hydrogens (tertiary/aromatic N) is 3. The fraction of sp³-hybridized carbons (Fsp3) is 0.0870. The van der Waals surface area contributed by atoms with E-state index in [2.05, 4.69) is 15.3 Å². The Labute approximate surface area is 167 Å². The smallest absolute Gasteiger partial charge is 0.291 e. The maximum atomic E-state index is 13.2. The largest absolute Gasteiger partial charge is 0.340 e. The van der Waals surface area contributed by atoms with Crippen molar-refractivity contribution < 1.29 is 9.18 Å². The molecule has 1 N–H and O–H groups in total. The lowest BCUT2D eigenvalue weighted by atomic mass is 10.2. The molecular weight excluding hydrogens is 367 g/mol. The van der Waals surface area contributed by atoms with Gasteiger partial charge < -0.3 is 10.2 Å². The standard InChI is InChI=1S/C23H19FN4O/c1-28(15-16-7-3-2-4-8-16)23(29)22-26-20-10-6-5-9-19(20)21(27-22)25-18-13-11-17(24)12-14-18/h2-14H,15H2,1H3,(H,25,26,27). The Bertz CT molecular complexity index is 1150. The summed E-state index contributed by atoms with van der Waals surface area (Å²) < 4.78 is 13.2. The molecule has 3 aromatic carbocycles. The number of para-hydroxylation sites is 1. The van der Waals surface area contributed by atoms with E-state index < -0.39 is 0 Å². The van der Waals surface area contributed by atoms with Crippen LogP contribution in [0.2, 0.25) is 0 Å². The molecule has 1 heterocycles. The molecule has 1 aromatic heterocycles. The Kier molecular flexibility index (Phi) is 5.16. The van der Waals surface area contributed by atoms with Crippen LogP contribution in [0.3, 0.4) is 0 Å². The zero-order chi connectivity index (χ0) is 20.2. The minimum absolute atomic E-state index is 0.103. The molecule has 0 radical (unpaired) electrons. The first kappa shape index (κ1) is 18.6. The first-order valence-corrected chi connectivity index (χ1v) is 9.19. The molecular formula is C23H19FN4O. The lowest BCUT2D eigenvalue weighted by molar-refractivity contribution is 0.0773. The van der Waals surface area contributed by atoms with Crippen molar-refractivity contribution in [3.63, 3.8) is 0 Å². The lowest BCUT2D eigenvalue weighted by Crippen LogP contribution is -2.28. The summed E-state index contributed by atoms with van der Waals surface area (Å²) >= 11 is 0. The monoisotopic (exact) mass is 386 g/mol. The molecule has 29 heavy (non-hydrogen) atoms. The van der Waals surface area contributed by atoms with Crippen LogP contribution in [0.5, 0.6) is 0 Å². The van der Waals surface area contributed by atoms with Crippen molar-refractivity contribution in [1.29, 1.82) is 0 Å². The van der Waals surface area contributed by atoms with Crippen molar-refractivity contribution in [3.05, 3.63) is 96.1 Å². The molecule has 0 spiro atoms. The molecule has 0 aliphatic carbocycles. The Hall–Kier alpha value is -3.80. The van der Waals surface area contributed by atoms with Crippen molar-refractivity contribution >= 4 is 28.3 Å². The van der Waals surface area contributed by atoms with Gasteiger partial charge in [-0.3, -0.25) is 4.79 Å². The molecule has 5 nitrogen and oxygen atoms in total. The van der Waals surface area contributed by atoms with E-state index in [9.17, 15) is 9.18 Å². The second-order valence-electron chi connectivity index (χ2n) is 6.69. The van der Waals surface area contributed by atoms with Gasteiger partial charge in [0.15, 0.2) is 0 Å². The van der Waals surface area contributed by atoms with E-state index in [0.29, 0.717) is 23.6 Å². The molecule has 144 valence electrons. The maximum absolute atomic E-state index is 13.2. The summed E-state index contributed by atoms with van der Waals surface area (Å²) in [5.41, 5.74) is 2.35. The van der Waals surface area contributed by atoms with E-state index in [4.69, 9.17) is 0 Å². The van der Waals surface area contributed by atoms with Crippen molar-refractivity contribution in [2.24, 2.45) is 0 Å². The number of fused-ring (bicyclic) bond motifs is 1. The Morgan fingerprint density at radius 1 is 0.931 bits per heavy atom. The van der Waals surface area contributed by atoms with Gasteiger partial charge in [-0.2, -0.15) is 0 Å². The van der Waals surface area contributed by atoms with Gasteiger partial charge >= 0.3 is 0 Å². The van der Waals surface area contributed by atoms with Crippen LogP contribution in [0.4, 0.5) is 15.9 Å². The van der Waals surface area contributed by atoms with Gasteiger partial charge in [0.25, 0.3) is 5.91 Å². The number of halogens is 1. The second-order valence-corrected chi connectivity index (χ2v) is 6.69. The highest BCUT2D eigenvalue weighted by molar-refractivity contribution is 5.97. The van der Waals surface area contributed by atoms with E-state index in [1.807, 2.05) is 54.6 Å². The van der Waals surface area contributed by atoms with Crippen LogP contribution in [0.25, 0.3) is 10.9 Å². The number of benzene rings is 3. The van der Waals surface area contributed by atoms with Crippen LogP contribution < -0.4 is 5.32 Å². The first-order chi connectivity index (χ1) is 14.1. The topological polar surface area (TPSA) is 58.1 Å². The van der Waals surface area contributed by atoms with Gasteiger partial charge in [0.05, 0.1) is 5.52 Å². The molecule has 0 fully saturated rings. The number of carbonyl (C=O) groups excluding carboxylic acids is 1. The average molecular weight is 386 g/mol. The molecule has 0 saturated carbocycles. The minimum Gasteiger partial charge on any atom is -0.340 e. The van der Waals surface area contributed by atoms with E-state index in [1.165, 1.54) is 12.1 Å². The maximum Gasteiger partial charge on any atom is 0.291 e. The first-order valence-electron chi connectivity index (χ1n) is 9.19. The lowest BCUT2D eigenvalue weighted by Gasteiger charge is -2.17. The molecule has 6 heteroatoms. The van der Waals surface area contributed by atoms with E-state index in [-0.39, 0.29) is 17.5 Å². The SMILES string of the molecule is CN(Cc1ccccc1)C(=O)c1nc(Nc2ccc(F)cc2)c2ccccc2n1. The van der Waals surface area contributed by atoms with Gasteiger partial charge in [0.1, 0.15) is 11.6 Å². The minimum atomic E-state index is -0.318. The molecule has 4 rings (SSSR count). The Morgan fingerprint density at radius 2 is 1.62 bits per heavy atom. The van der Waals surface area contributed by atoms with Crippen LogP contribution in [-0.2, 0) is 6.54 Å². The highest BCUT2D eigenvalue weighted by atomic mass is 19.1. The predicted octanol–water partition coefficient (Wildman–Crippen LogP) is 4.78. The van der Waals surface area contributed by atoms with Crippen molar-refractivity contribution in [3.8, 4) is 0 Å². The van der Waals surface area contributed by atoms with Crippen LogP contribution in [0.1, 0.15) is 16.2 Å². The summed E-state index contributed by atoms with van der Waals surface area (Å²) in [7, 11) is 1.72. The summed E-state index contributed by atoms with van der Waals surface area (Å²) in [5.74, 6) is 0.00803. The average Bonchev–Trinajstić information content (AvgIpc) is 2.75. The molecule has 0 unspecified atom stereocenters. The number of rotatable bonds is 5. The van der Waals surface area contributed by atoms with Gasteiger partial charge in [-0.1, -0.05) is 42.5 Å². The van der Waals surface area contributed by atoms with E-state index >= 15 is 0 Å². The molecule has 0 aliphatic heterocycles. The fourth-order valence-electron chi connectivity index (χ4n) is 3.04. The summed E-state index contributed by atoms with van der Waals surface area (Å²) in [6.45, 7) is 0.455. The van der Waals surface area contributed by atoms with Gasteiger partial charge in [-0.05, 0) is 42.0 Å². The van der Waals surface area contributed by atoms with Crippen LogP contribution in [0.15, 0.2) is 78.9 Å². The van der Waals surface area contributed by atoms with Gasteiger partial charge in [-0.25, -0.2) is 14.4 Å². The highest BCUT2D eigenvalue weighted by Gasteiger charge is 2.18. The number of carbonyl (C=O) groups is 1. The third kappa shape index (κ3) is 4.21. The fourth-order valence-corrected chi connectivity index (χ4v) is 3.04. The zero-order valence-electron chi connectivity index (χ0n) is 15.8. The van der Waals surface area contributed by atoms with Crippen LogP contribution in [0, 0.1) is 5.82 Å². The number of anilines is 2. The Balaban J connectivity index is 1.67. The van der Waals surface area contributed by atoms with E-state index in [0.717, 1.165) is 10.9 Å². The summed E-state index contributed by atoms with van der Waals surface area (Å²) in [6.07, 6.45) is 0. The third-order valence-corrected chi connectivity index (χ3v) is 4.51. The van der Waals surface area contributed by atoms with Gasteiger partial charge in [0, 0.05) is 24.7 Å². The second kappa shape index (κ2) is 8.06. The van der Waals surface area contributed by atoms with Crippen LogP contribution in [-0.4, -0.2) is 27.8 Å². The molecule has 4 aromatic rings. The van der Waals surface area contributed by atoms with Crippen molar-refractivity contribution in [1.82, 2.24) is 14.9 Å². The molecule has 0 saturated heterocycles. The molecule has 1 amide bonds. The molecule has 0 aliphatic rings. The summed E-state index contributed by atoms with van der Waals surface area (Å²) in [5, 5.41) is 3.95. The number of hydrogen-bond acceptors (Lipinski definition) is 4. The number of aromatic nitrogens is 2. The zero-order valence-corrected chi connectivity index (χ0v) is 15.8. The molecule has 0 atom stereocenters. The van der Waals surface area contributed by atoms with Gasteiger partial charge in [-0.15, -0.1) is 0 Å². The number of hydrogen-bond donors (Lipinski definition) is 1. The van der Waals surface area contributed by atoms with Crippen molar-refractivity contribution in [2.75, 3.05) is 12.4 Å². The summed E-state index contributed by atoms with van der Waals surface area (Å²) in [6, 6.07) is 23.2. The quantitative estimate of drug-likeness (QED) is 0.536. The molecule has 0 bridgehead atoms. The summed E-state index contributed by atoms with van der Waals surface area (Å²) in [4.78, 5) is 23.5. The Morgan fingerprint density at radius 3 is 2.38 bits per heavy atom. The van der Waals surface area contributed by atoms with Crippen molar-refractivity contribution in [2.45, 2.75) is 6.54 Å². The normalized spacial score (nSPS) is 10.7. The number of amides is 1. The third-order valence-electron chi connectivity index (χ3n) is 4.51.